The lowest BCUT2D eigenvalue weighted by Gasteiger charge is -2.26. The van der Waals surface area contributed by atoms with Crippen LogP contribution in [-0.4, -0.2) is 29.9 Å². The smallest absolute Gasteiger partial charge is 0.264 e. The van der Waals surface area contributed by atoms with E-state index < -0.39 is 20.0 Å². The molecule has 0 heterocycles. The minimum atomic E-state index is -3.83. The number of rotatable bonds is 6. The molecule has 1 saturated carbocycles. The first-order valence-corrected chi connectivity index (χ1v) is 13.1. The standard InChI is InChI=1S/C22H30N2O4S2/c1-16-10-13-20(14-11-16)30(27,28)24(4)22-17(2)12-15-21(18(22)3)29(25,26)23-19-8-6-5-7-9-19/h10-15,19,23H,5-9H2,1-4H3. The van der Waals surface area contributed by atoms with Gasteiger partial charge in [-0.3, -0.25) is 4.31 Å². The van der Waals surface area contributed by atoms with E-state index in [-0.39, 0.29) is 15.8 Å². The monoisotopic (exact) mass is 450 g/mol. The van der Waals surface area contributed by atoms with Crippen LogP contribution in [0.3, 0.4) is 0 Å². The van der Waals surface area contributed by atoms with Crippen molar-refractivity contribution in [2.75, 3.05) is 11.4 Å². The van der Waals surface area contributed by atoms with Crippen molar-refractivity contribution in [3.05, 3.63) is 53.1 Å². The Balaban J connectivity index is 2.00. The van der Waals surface area contributed by atoms with Crippen molar-refractivity contribution in [1.29, 1.82) is 0 Å². The van der Waals surface area contributed by atoms with E-state index in [4.69, 9.17) is 0 Å². The van der Waals surface area contributed by atoms with Crippen LogP contribution in [-0.2, 0) is 20.0 Å². The fraction of sp³-hybridized carbons (Fsp3) is 0.455. The Labute approximate surface area is 180 Å². The first-order chi connectivity index (χ1) is 14.0. The van der Waals surface area contributed by atoms with Gasteiger partial charge in [-0.05, 0) is 62.9 Å². The highest BCUT2D eigenvalue weighted by Gasteiger charge is 2.29. The molecule has 164 valence electrons. The average molecular weight is 451 g/mol. The molecule has 1 fully saturated rings. The molecule has 1 aliphatic rings. The Kier molecular flexibility index (Phi) is 6.60. The Bertz CT molecular complexity index is 1120. The topological polar surface area (TPSA) is 83.6 Å². The van der Waals surface area contributed by atoms with Gasteiger partial charge in [0.25, 0.3) is 10.0 Å². The summed E-state index contributed by atoms with van der Waals surface area (Å²) in [5.41, 5.74) is 2.48. The Morgan fingerprint density at radius 2 is 1.47 bits per heavy atom. The second kappa shape index (κ2) is 8.69. The minimum Gasteiger partial charge on any atom is -0.269 e. The molecular weight excluding hydrogens is 420 g/mol. The molecule has 3 rings (SSSR count). The molecular formula is C22H30N2O4S2. The van der Waals surface area contributed by atoms with E-state index in [0.29, 0.717) is 16.8 Å². The lowest BCUT2D eigenvalue weighted by Crippen LogP contribution is -2.36. The van der Waals surface area contributed by atoms with Crippen LogP contribution in [0.1, 0.15) is 48.8 Å². The SMILES string of the molecule is Cc1ccc(S(=O)(=O)N(C)c2c(C)ccc(S(=O)(=O)NC3CCCCC3)c2C)cc1. The zero-order chi connectivity index (χ0) is 22.1. The molecule has 0 amide bonds. The molecule has 0 saturated heterocycles. The van der Waals surface area contributed by atoms with Crippen LogP contribution in [0, 0.1) is 20.8 Å². The normalized spacial score (nSPS) is 15.9. The molecule has 0 atom stereocenters. The van der Waals surface area contributed by atoms with Gasteiger partial charge in [0.15, 0.2) is 0 Å². The van der Waals surface area contributed by atoms with Crippen LogP contribution >= 0.6 is 0 Å². The summed E-state index contributed by atoms with van der Waals surface area (Å²) >= 11 is 0. The van der Waals surface area contributed by atoms with Crippen molar-refractivity contribution >= 4 is 25.7 Å². The maximum Gasteiger partial charge on any atom is 0.264 e. The highest BCUT2D eigenvalue weighted by Crippen LogP contribution is 2.33. The molecule has 0 spiro atoms. The number of nitrogens with one attached hydrogen (secondary N) is 1. The van der Waals surface area contributed by atoms with Gasteiger partial charge in [0.2, 0.25) is 10.0 Å². The van der Waals surface area contributed by atoms with Crippen molar-refractivity contribution in [3.63, 3.8) is 0 Å². The van der Waals surface area contributed by atoms with Crippen molar-refractivity contribution in [2.45, 2.75) is 68.7 Å². The summed E-state index contributed by atoms with van der Waals surface area (Å²) in [6.07, 6.45) is 4.83. The van der Waals surface area contributed by atoms with Gasteiger partial charge >= 0.3 is 0 Å². The minimum absolute atomic E-state index is 0.0677. The highest BCUT2D eigenvalue weighted by molar-refractivity contribution is 7.92. The summed E-state index contributed by atoms with van der Waals surface area (Å²) in [6.45, 7) is 5.34. The van der Waals surface area contributed by atoms with Gasteiger partial charge in [-0.1, -0.05) is 43.0 Å². The number of hydrogen-bond acceptors (Lipinski definition) is 4. The number of aryl methyl sites for hydroxylation is 2. The van der Waals surface area contributed by atoms with Crippen LogP contribution < -0.4 is 9.03 Å². The molecule has 6 nitrogen and oxygen atoms in total. The summed E-state index contributed by atoms with van der Waals surface area (Å²) in [6, 6.07) is 9.78. The molecule has 0 aromatic heterocycles. The van der Waals surface area contributed by atoms with Crippen LogP contribution in [0.5, 0.6) is 0 Å². The zero-order valence-corrected chi connectivity index (χ0v) is 19.6. The van der Waals surface area contributed by atoms with Gasteiger partial charge in [0, 0.05) is 13.1 Å². The quantitative estimate of drug-likeness (QED) is 0.720. The van der Waals surface area contributed by atoms with Gasteiger partial charge < -0.3 is 0 Å². The predicted octanol–water partition coefficient (Wildman–Crippen LogP) is 4.05. The van der Waals surface area contributed by atoms with Crippen molar-refractivity contribution < 1.29 is 16.8 Å². The maximum absolute atomic E-state index is 13.2. The van der Waals surface area contributed by atoms with E-state index in [1.807, 2.05) is 6.92 Å². The highest BCUT2D eigenvalue weighted by atomic mass is 32.2. The summed E-state index contributed by atoms with van der Waals surface area (Å²) in [4.78, 5) is 0.294. The number of hydrogen-bond donors (Lipinski definition) is 1. The van der Waals surface area contributed by atoms with E-state index in [1.165, 1.54) is 11.4 Å². The number of anilines is 1. The summed E-state index contributed by atoms with van der Waals surface area (Å²) in [5, 5.41) is 0. The Morgan fingerprint density at radius 1 is 0.867 bits per heavy atom. The Hall–Kier alpha value is -1.90. The third kappa shape index (κ3) is 4.55. The van der Waals surface area contributed by atoms with Crippen LogP contribution in [0.4, 0.5) is 5.69 Å². The lowest BCUT2D eigenvalue weighted by atomic mass is 9.96. The zero-order valence-electron chi connectivity index (χ0n) is 18.0. The molecule has 0 radical (unpaired) electrons. The molecule has 0 bridgehead atoms. The third-order valence-electron chi connectivity index (χ3n) is 5.79. The molecule has 1 aliphatic carbocycles. The third-order valence-corrected chi connectivity index (χ3v) is 9.23. The van der Waals surface area contributed by atoms with Crippen LogP contribution in [0.15, 0.2) is 46.2 Å². The fourth-order valence-corrected chi connectivity index (χ4v) is 6.95. The van der Waals surface area contributed by atoms with Crippen molar-refractivity contribution in [3.8, 4) is 0 Å². The van der Waals surface area contributed by atoms with Gasteiger partial charge in [0.05, 0.1) is 15.5 Å². The first kappa shape index (κ1) is 22.8. The summed E-state index contributed by atoms with van der Waals surface area (Å²) in [7, 11) is -6.11. The van der Waals surface area contributed by atoms with E-state index >= 15 is 0 Å². The average Bonchev–Trinajstić information content (AvgIpc) is 2.68. The fourth-order valence-electron chi connectivity index (χ4n) is 4.08. The second-order valence-corrected chi connectivity index (χ2v) is 11.7. The van der Waals surface area contributed by atoms with Crippen molar-refractivity contribution in [1.82, 2.24) is 4.72 Å². The van der Waals surface area contributed by atoms with Crippen LogP contribution in [0.25, 0.3) is 0 Å². The predicted molar refractivity (Wildman–Crippen MR) is 120 cm³/mol. The van der Waals surface area contributed by atoms with Gasteiger partial charge in [-0.15, -0.1) is 0 Å². The van der Waals surface area contributed by atoms with Gasteiger partial charge in [0.1, 0.15) is 0 Å². The largest absolute Gasteiger partial charge is 0.269 e. The lowest BCUT2D eigenvalue weighted by molar-refractivity contribution is 0.412. The van der Waals surface area contributed by atoms with E-state index in [2.05, 4.69) is 4.72 Å². The van der Waals surface area contributed by atoms with Crippen LogP contribution in [0.2, 0.25) is 0 Å². The summed E-state index contributed by atoms with van der Waals surface area (Å²) < 4.78 is 56.5. The number of nitrogens with zero attached hydrogens (tertiary/aromatic N) is 1. The van der Waals surface area contributed by atoms with Gasteiger partial charge in [-0.25, -0.2) is 21.6 Å². The molecule has 0 unspecified atom stereocenters. The molecule has 0 aliphatic heterocycles. The molecule has 1 N–H and O–H groups in total. The molecule has 8 heteroatoms. The Morgan fingerprint density at radius 3 is 2.07 bits per heavy atom. The molecule has 30 heavy (non-hydrogen) atoms. The first-order valence-electron chi connectivity index (χ1n) is 10.2. The summed E-state index contributed by atoms with van der Waals surface area (Å²) in [5.74, 6) is 0. The maximum atomic E-state index is 13.2. The number of sulfonamides is 2. The van der Waals surface area contributed by atoms with Crippen molar-refractivity contribution in [2.24, 2.45) is 0 Å². The molecule has 2 aromatic carbocycles. The number of benzene rings is 2. The van der Waals surface area contributed by atoms with Gasteiger partial charge in [-0.2, -0.15) is 0 Å². The van der Waals surface area contributed by atoms with E-state index in [1.54, 1.807) is 50.2 Å². The van der Waals surface area contributed by atoms with E-state index in [9.17, 15) is 16.8 Å². The van der Waals surface area contributed by atoms with E-state index in [0.717, 1.165) is 37.7 Å². The second-order valence-electron chi connectivity index (χ2n) is 8.10. The molecule has 2 aromatic rings.